The van der Waals surface area contributed by atoms with Crippen molar-refractivity contribution in [3.8, 4) is 0 Å². The van der Waals surface area contributed by atoms with Crippen LogP contribution in [0.5, 0.6) is 0 Å². The van der Waals surface area contributed by atoms with Gasteiger partial charge in [-0.3, -0.25) is 0 Å². The second-order valence-corrected chi connectivity index (χ2v) is 5.97. The van der Waals surface area contributed by atoms with Crippen LogP contribution in [-0.4, -0.2) is 18.6 Å². The van der Waals surface area contributed by atoms with Crippen molar-refractivity contribution in [3.05, 3.63) is 28.7 Å². The monoisotopic (exact) mass is 313 g/mol. The summed E-state index contributed by atoms with van der Waals surface area (Å²) in [5.41, 5.74) is 0.196. The molecule has 0 aliphatic rings. The molecule has 0 aliphatic heterocycles. The smallest absolute Gasteiger partial charge is 0.331 e. The number of hydrogen-bond donors (Lipinski definition) is 1. The first kappa shape index (κ1) is 15.0. The van der Waals surface area contributed by atoms with Gasteiger partial charge < -0.3 is 10.1 Å². The van der Waals surface area contributed by atoms with Gasteiger partial charge in [-0.05, 0) is 37.5 Å². The van der Waals surface area contributed by atoms with E-state index in [1.54, 1.807) is 0 Å². The van der Waals surface area contributed by atoms with E-state index in [1.165, 1.54) is 7.11 Å². The molecule has 0 aliphatic carbocycles. The van der Waals surface area contributed by atoms with Crippen LogP contribution in [0.1, 0.15) is 27.2 Å². The number of halogens is 1. The number of benzene rings is 1. The molecule has 0 spiro atoms. The summed E-state index contributed by atoms with van der Waals surface area (Å²) in [5.74, 6) is 0.157. The number of esters is 1. The van der Waals surface area contributed by atoms with Gasteiger partial charge in [0.2, 0.25) is 0 Å². The zero-order valence-corrected chi connectivity index (χ0v) is 12.9. The highest BCUT2D eigenvalue weighted by Gasteiger charge is 2.34. The summed E-state index contributed by atoms with van der Waals surface area (Å²) >= 11 is 3.42. The molecule has 1 rings (SSSR count). The maximum atomic E-state index is 12.0. The Morgan fingerprint density at radius 2 is 2.17 bits per heavy atom. The number of anilines is 1. The van der Waals surface area contributed by atoms with Gasteiger partial charge in [0, 0.05) is 10.2 Å². The lowest BCUT2D eigenvalue weighted by Crippen LogP contribution is -2.45. The first-order valence-electron chi connectivity index (χ1n) is 5.99. The summed E-state index contributed by atoms with van der Waals surface area (Å²) in [6, 6.07) is 7.76. The Bertz CT molecular complexity index is 420. The van der Waals surface area contributed by atoms with E-state index in [4.69, 9.17) is 4.74 Å². The Morgan fingerprint density at radius 3 is 2.67 bits per heavy atom. The molecule has 0 bridgehead atoms. The third kappa shape index (κ3) is 4.02. The van der Waals surface area contributed by atoms with Crippen molar-refractivity contribution in [2.45, 2.75) is 32.7 Å². The molecule has 0 saturated heterocycles. The zero-order chi connectivity index (χ0) is 13.8. The maximum absolute atomic E-state index is 12.0. The van der Waals surface area contributed by atoms with E-state index in [0.717, 1.165) is 10.2 Å². The lowest BCUT2D eigenvalue weighted by atomic mass is 9.90. The van der Waals surface area contributed by atoms with Crippen molar-refractivity contribution in [1.29, 1.82) is 0 Å². The quantitative estimate of drug-likeness (QED) is 0.839. The molecule has 0 radical (unpaired) electrons. The Morgan fingerprint density at radius 1 is 1.50 bits per heavy atom. The van der Waals surface area contributed by atoms with Crippen LogP contribution in [0.3, 0.4) is 0 Å². The molecule has 1 aromatic rings. The SMILES string of the molecule is COC(=O)C(C)(CC(C)C)Nc1cccc(Br)c1. The van der Waals surface area contributed by atoms with Crippen molar-refractivity contribution in [1.82, 2.24) is 0 Å². The minimum Gasteiger partial charge on any atom is -0.467 e. The minimum atomic E-state index is -0.705. The van der Waals surface area contributed by atoms with Crippen molar-refractivity contribution in [3.63, 3.8) is 0 Å². The predicted molar refractivity (Wildman–Crippen MR) is 77.6 cm³/mol. The van der Waals surface area contributed by atoms with Crippen molar-refractivity contribution in [2.75, 3.05) is 12.4 Å². The fourth-order valence-corrected chi connectivity index (χ4v) is 2.51. The maximum Gasteiger partial charge on any atom is 0.331 e. The van der Waals surface area contributed by atoms with Gasteiger partial charge in [0.15, 0.2) is 0 Å². The zero-order valence-electron chi connectivity index (χ0n) is 11.3. The van der Waals surface area contributed by atoms with Crippen molar-refractivity contribution < 1.29 is 9.53 Å². The molecule has 0 saturated carbocycles. The largest absolute Gasteiger partial charge is 0.467 e. The van der Waals surface area contributed by atoms with Crippen molar-refractivity contribution in [2.24, 2.45) is 5.92 Å². The normalized spacial score (nSPS) is 14.1. The molecule has 3 nitrogen and oxygen atoms in total. The minimum absolute atomic E-state index is 0.240. The summed E-state index contributed by atoms with van der Waals surface area (Å²) in [6.07, 6.45) is 0.714. The van der Waals surface area contributed by atoms with Crippen LogP contribution in [-0.2, 0) is 9.53 Å². The van der Waals surface area contributed by atoms with Gasteiger partial charge in [0.1, 0.15) is 5.54 Å². The Labute approximate surface area is 117 Å². The number of rotatable bonds is 5. The Hall–Kier alpha value is -1.03. The van der Waals surface area contributed by atoms with Gasteiger partial charge in [0.05, 0.1) is 7.11 Å². The first-order valence-corrected chi connectivity index (χ1v) is 6.79. The van der Waals surface area contributed by atoms with Crippen LogP contribution >= 0.6 is 15.9 Å². The third-order valence-corrected chi connectivity index (χ3v) is 3.19. The predicted octanol–water partition coefficient (Wildman–Crippen LogP) is 3.84. The highest BCUT2D eigenvalue weighted by molar-refractivity contribution is 9.10. The fraction of sp³-hybridized carbons (Fsp3) is 0.500. The molecule has 100 valence electrons. The summed E-state index contributed by atoms with van der Waals surface area (Å²) in [6.45, 7) is 6.05. The summed E-state index contributed by atoms with van der Waals surface area (Å²) < 4.78 is 5.88. The van der Waals surface area contributed by atoms with E-state index in [-0.39, 0.29) is 5.97 Å². The van der Waals surface area contributed by atoms with Crippen LogP contribution < -0.4 is 5.32 Å². The molecule has 1 N–H and O–H groups in total. The number of nitrogens with one attached hydrogen (secondary N) is 1. The molecule has 0 aromatic heterocycles. The van der Waals surface area contributed by atoms with Crippen LogP contribution in [0.2, 0.25) is 0 Å². The highest BCUT2D eigenvalue weighted by atomic mass is 79.9. The van der Waals surface area contributed by atoms with E-state index in [1.807, 2.05) is 31.2 Å². The number of carbonyl (C=O) groups is 1. The topological polar surface area (TPSA) is 38.3 Å². The van der Waals surface area contributed by atoms with Crippen LogP contribution in [0.4, 0.5) is 5.69 Å². The summed E-state index contributed by atoms with van der Waals surface area (Å²) in [5, 5.41) is 3.27. The van der Waals surface area contributed by atoms with Crippen LogP contribution in [0.25, 0.3) is 0 Å². The van der Waals surface area contributed by atoms with Gasteiger partial charge in [0.25, 0.3) is 0 Å². The van der Waals surface area contributed by atoms with Crippen molar-refractivity contribution >= 4 is 27.6 Å². The number of carbonyl (C=O) groups excluding carboxylic acids is 1. The number of ether oxygens (including phenoxy) is 1. The molecule has 1 unspecified atom stereocenters. The third-order valence-electron chi connectivity index (χ3n) is 2.70. The Kier molecular flexibility index (Phi) is 5.20. The molecule has 1 atom stereocenters. The molecular weight excluding hydrogens is 294 g/mol. The molecule has 0 amide bonds. The number of methoxy groups -OCH3 is 1. The lowest BCUT2D eigenvalue weighted by Gasteiger charge is -2.30. The molecule has 0 fully saturated rings. The van der Waals surface area contributed by atoms with Gasteiger partial charge in [-0.25, -0.2) is 4.79 Å². The fourth-order valence-electron chi connectivity index (χ4n) is 2.11. The van der Waals surface area contributed by atoms with Gasteiger partial charge in [-0.1, -0.05) is 35.8 Å². The molecule has 1 aromatic carbocycles. The van der Waals surface area contributed by atoms with Gasteiger partial charge >= 0.3 is 5.97 Å². The van der Waals surface area contributed by atoms with E-state index in [2.05, 4.69) is 35.1 Å². The molecule has 0 heterocycles. The van der Waals surface area contributed by atoms with E-state index >= 15 is 0 Å². The second-order valence-electron chi connectivity index (χ2n) is 5.06. The average Bonchev–Trinajstić information content (AvgIpc) is 2.26. The molecule has 4 heteroatoms. The van der Waals surface area contributed by atoms with E-state index in [0.29, 0.717) is 12.3 Å². The standard InChI is InChI=1S/C14H20BrNO2/c1-10(2)9-14(3,13(17)18-4)16-12-7-5-6-11(15)8-12/h5-8,10,16H,9H2,1-4H3. The Balaban J connectivity index is 2.94. The summed E-state index contributed by atoms with van der Waals surface area (Å²) in [7, 11) is 1.42. The lowest BCUT2D eigenvalue weighted by molar-refractivity contribution is -0.146. The molecular formula is C14H20BrNO2. The van der Waals surface area contributed by atoms with Gasteiger partial charge in [-0.2, -0.15) is 0 Å². The number of hydrogen-bond acceptors (Lipinski definition) is 3. The van der Waals surface area contributed by atoms with Crippen LogP contribution in [0.15, 0.2) is 28.7 Å². The average molecular weight is 314 g/mol. The second kappa shape index (κ2) is 6.23. The summed E-state index contributed by atoms with van der Waals surface area (Å²) in [4.78, 5) is 12.0. The van der Waals surface area contributed by atoms with Gasteiger partial charge in [-0.15, -0.1) is 0 Å². The highest BCUT2D eigenvalue weighted by Crippen LogP contribution is 2.25. The van der Waals surface area contributed by atoms with Crippen LogP contribution in [0, 0.1) is 5.92 Å². The van der Waals surface area contributed by atoms with E-state index < -0.39 is 5.54 Å². The molecule has 18 heavy (non-hydrogen) atoms. The van der Waals surface area contributed by atoms with E-state index in [9.17, 15) is 4.79 Å². The first-order chi connectivity index (χ1) is 8.37.